The van der Waals surface area contributed by atoms with E-state index in [1.165, 1.54) is 7.05 Å². The Kier molecular flexibility index (Phi) is 5.82. The van der Waals surface area contributed by atoms with E-state index in [9.17, 15) is 13.2 Å². The van der Waals surface area contributed by atoms with Crippen molar-refractivity contribution in [1.29, 1.82) is 0 Å². The number of carbonyl (C=O) groups is 1. The highest BCUT2D eigenvalue weighted by Crippen LogP contribution is 2.04. The molecule has 0 spiro atoms. The zero-order chi connectivity index (χ0) is 17.6. The van der Waals surface area contributed by atoms with E-state index in [2.05, 4.69) is 25.9 Å². The highest BCUT2D eigenvalue weighted by Gasteiger charge is 2.14. The molecule has 2 heterocycles. The summed E-state index contributed by atoms with van der Waals surface area (Å²) in [7, 11) is -2.01. The first-order chi connectivity index (χ1) is 11.4. The first-order valence-corrected chi connectivity index (χ1v) is 8.97. The van der Waals surface area contributed by atoms with Gasteiger partial charge in [-0.2, -0.15) is 9.40 Å². The molecule has 2 aromatic heterocycles. The molecular weight excluding hydrogens is 334 g/mol. The Morgan fingerprint density at radius 1 is 1.29 bits per heavy atom. The zero-order valence-electron chi connectivity index (χ0n) is 13.4. The number of anilines is 1. The summed E-state index contributed by atoms with van der Waals surface area (Å²) in [6.45, 7) is 0.556. The molecular formula is C13H19N7O3S. The predicted octanol–water partition coefficient (Wildman–Crippen LogP) is -0.918. The third-order valence-corrected chi connectivity index (χ3v) is 4.34. The van der Waals surface area contributed by atoms with Crippen LogP contribution in [0.3, 0.4) is 0 Å². The predicted molar refractivity (Wildman–Crippen MR) is 88.1 cm³/mol. The Morgan fingerprint density at radius 2 is 2.08 bits per heavy atom. The number of aromatic nitrogens is 4. The van der Waals surface area contributed by atoms with Crippen LogP contribution in [0.4, 0.5) is 5.82 Å². The van der Waals surface area contributed by atoms with Crippen molar-refractivity contribution >= 4 is 21.7 Å². The number of rotatable bonds is 8. The Hall–Kier alpha value is -2.53. The maximum absolute atomic E-state index is 11.6. The smallest absolute Gasteiger partial charge is 0.235 e. The van der Waals surface area contributed by atoms with E-state index < -0.39 is 10.0 Å². The number of sulfonamides is 1. The minimum absolute atomic E-state index is 0.211. The van der Waals surface area contributed by atoms with Crippen molar-refractivity contribution in [2.24, 2.45) is 0 Å². The zero-order valence-corrected chi connectivity index (χ0v) is 14.2. The van der Waals surface area contributed by atoms with Gasteiger partial charge in [0.15, 0.2) is 5.82 Å². The number of likely N-dealkylation sites (N-methyl/N-ethyl adjacent to an activating group) is 1. The quantitative estimate of drug-likeness (QED) is 0.589. The fourth-order valence-corrected chi connectivity index (χ4v) is 2.07. The summed E-state index contributed by atoms with van der Waals surface area (Å²) in [4.78, 5) is 11.6. The van der Waals surface area contributed by atoms with Gasteiger partial charge in [0.25, 0.3) is 0 Å². The lowest BCUT2D eigenvalue weighted by Gasteiger charge is -2.13. The van der Waals surface area contributed by atoms with Crippen LogP contribution in [-0.2, 0) is 14.8 Å². The summed E-state index contributed by atoms with van der Waals surface area (Å²) < 4.78 is 25.0. The molecule has 2 rings (SSSR count). The number of hydrogen-bond donors (Lipinski definition) is 2. The third-order valence-electron chi connectivity index (χ3n) is 3.08. The molecule has 0 aliphatic rings. The van der Waals surface area contributed by atoms with Crippen LogP contribution in [0.5, 0.6) is 0 Å². The van der Waals surface area contributed by atoms with E-state index in [1.807, 2.05) is 0 Å². The van der Waals surface area contributed by atoms with Crippen molar-refractivity contribution in [1.82, 2.24) is 29.6 Å². The van der Waals surface area contributed by atoms with Crippen LogP contribution >= 0.6 is 0 Å². The molecule has 0 atom stereocenters. The first kappa shape index (κ1) is 17.8. The lowest BCUT2D eigenvalue weighted by Crippen LogP contribution is -2.39. The average Bonchev–Trinajstić information content (AvgIpc) is 3.05. The van der Waals surface area contributed by atoms with Crippen molar-refractivity contribution in [3.8, 4) is 5.82 Å². The van der Waals surface area contributed by atoms with Gasteiger partial charge < -0.3 is 10.6 Å². The van der Waals surface area contributed by atoms with Crippen LogP contribution in [0.25, 0.3) is 5.82 Å². The largest absolute Gasteiger partial charge is 0.367 e. The van der Waals surface area contributed by atoms with Crippen molar-refractivity contribution in [2.75, 3.05) is 38.3 Å². The van der Waals surface area contributed by atoms with Gasteiger partial charge in [-0.1, -0.05) is 0 Å². The second-order valence-electron chi connectivity index (χ2n) is 5.02. The molecule has 2 aromatic rings. The van der Waals surface area contributed by atoms with Crippen LogP contribution in [0, 0.1) is 0 Å². The van der Waals surface area contributed by atoms with Crippen LogP contribution in [0.15, 0.2) is 30.6 Å². The van der Waals surface area contributed by atoms with Crippen molar-refractivity contribution in [3.63, 3.8) is 0 Å². The molecule has 0 radical (unpaired) electrons. The molecule has 2 N–H and O–H groups in total. The van der Waals surface area contributed by atoms with Crippen LogP contribution < -0.4 is 10.6 Å². The number of hydrogen-bond acceptors (Lipinski definition) is 7. The van der Waals surface area contributed by atoms with Crippen molar-refractivity contribution < 1.29 is 13.2 Å². The topological polar surface area (TPSA) is 122 Å². The highest BCUT2D eigenvalue weighted by atomic mass is 32.2. The molecule has 0 bridgehead atoms. The first-order valence-electron chi connectivity index (χ1n) is 7.12. The van der Waals surface area contributed by atoms with Crippen LogP contribution in [0.2, 0.25) is 0 Å². The molecule has 0 aromatic carbocycles. The van der Waals surface area contributed by atoms with Crippen molar-refractivity contribution in [3.05, 3.63) is 30.6 Å². The highest BCUT2D eigenvalue weighted by molar-refractivity contribution is 7.88. The Morgan fingerprint density at radius 3 is 2.67 bits per heavy atom. The molecule has 11 heteroatoms. The molecule has 1 amide bonds. The third kappa shape index (κ3) is 5.28. The maximum Gasteiger partial charge on any atom is 0.235 e. The number of carbonyl (C=O) groups excluding carboxylic acids is 1. The van der Waals surface area contributed by atoms with E-state index in [0.29, 0.717) is 24.7 Å². The molecule has 130 valence electrons. The Bertz CT molecular complexity index is 759. The number of amides is 1. The summed E-state index contributed by atoms with van der Waals surface area (Å²) in [6.07, 6.45) is 4.46. The van der Waals surface area contributed by atoms with Gasteiger partial charge in [-0.25, -0.2) is 13.1 Å². The van der Waals surface area contributed by atoms with Gasteiger partial charge in [0.1, 0.15) is 5.82 Å². The van der Waals surface area contributed by atoms with Gasteiger partial charge >= 0.3 is 0 Å². The summed E-state index contributed by atoms with van der Waals surface area (Å²) >= 11 is 0. The molecule has 0 aliphatic carbocycles. The van der Waals surface area contributed by atoms with E-state index in [0.717, 1.165) is 10.6 Å². The molecule has 10 nitrogen and oxygen atoms in total. The molecule has 0 aliphatic heterocycles. The maximum atomic E-state index is 11.6. The standard InChI is InChI=1S/C13H19N7O3S/c1-19(24(2,22)23)10-13(21)15-8-7-14-11-4-5-12(18-17-11)20-9-3-6-16-20/h3-6,9H,7-8,10H2,1-2H3,(H,14,17)(H,15,21). The fourth-order valence-electron chi connectivity index (χ4n) is 1.71. The normalized spacial score (nSPS) is 11.5. The average molecular weight is 353 g/mol. The summed E-state index contributed by atoms with van der Waals surface area (Å²) in [5.41, 5.74) is 0. The molecule has 0 saturated heterocycles. The van der Waals surface area contributed by atoms with Gasteiger partial charge in [-0.05, 0) is 18.2 Å². The molecule has 0 unspecified atom stereocenters. The van der Waals surface area contributed by atoms with Crippen molar-refractivity contribution in [2.45, 2.75) is 0 Å². The lowest BCUT2D eigenvalue weighted by atomic mass is 10.4. The molecule has 0 fully saturated rings. The fraction of sp³-hybridized carbons (Fsp3) is 0.385. The van der Waals surface area contributed by atoms with Gasteiger partial charge in [0.2, 0.25) is 15.9 Å². The minimum Gasteiger partial charge on any atom is -0.367 e. The second-order valence-corrected chi connectivity index (χ2v) is 7.11. The van der Waals surface area contributed by atoms with Crippen LogP contribution in [-0.4, -0.2) is 71.5 Å². The van der Waals surface area contributed by atoms with Gasteiger partial charge in [-0.15, -0.1) is 10.2 Å². The Labute approximate surface area is 139 Å². The van der Waals surface area contributed by atoms with E-state index in [4.69, 9.17) is 0 Å². The van der Waals surface area contributed by atoms with Gasteiger partial charge in [0, 0.05) is 32.5 Å². The van der Waals surface area contributed by atoms with Gasteiger partial charge in [-0.3, -0.25) is 4.79 Å². The summed E-state index contributed by atoms with van der Waals surface area (Å²) in [5.74, 6) is 0.793. The SMILES string of the molecule is CN(CC(=O)NCCNc1ccc(-n2cccn2)nn1)S(C)(=O)=O. The van der Waals surface area contributed by atoms with Gasteiger partial charge in [0.05, 0.1) is 12.8 Å². The monoisotopic (exact) mass is 353 g/mol. The molecule has 0 saturated carbocycles. The minimum atomic E-state index is -3.36. The van der Waals surface area contributed by atoms with E-state index >= 15 is 0 Å². The Balaban J connectivity index is 1.72. The lowest BCUT2D eigenvalue weighted by molar-refractivity contribution is -0.121. The van der Waals surface area contributed by atoms with E-state index in [1.54, 1.807) is 35.3 Å². The summed E-state index contributed by atoms with van der Waals surface area (Å²) in [6, 6.07) is 5.31. The number of nitrogens with zero attached hydrogens (tertiary/aromatic N) is 5. The molecule has 24 heavy (non-hydrogen) atoms. The second kappa shape index (κ2) is 7.84. The summed E-state index contributed by atoms with van der Waals surface area (Å²) in [5, 5.41) is 17.7. The van der Waals surface area contributed by atoms with Crippen LogP contribution in [0.1, 0.15) is 0 Å². The van der Waals surface area contributed by atoms with E-state index in [-0.39, 0.29) is 12.5 Å². The number of nitrogens with one attached hydrogen (secondary N) is 2.